The van der Waals surface area contributed by atoms with Crippen LogP contribution in [0.5, 0.6) is 0 Å². The molecule has 0 aromatic rings. The SMILES string of the molecule is CNCCC(N)O. The van der Waals surface area contributed by atoms with Crippen LogP contribution in [0.15, 0.2) is 0 Å². The summed E-state index contributed by atoms with van der Waals surface area (Å²) in [6, 6.07) is 0. The standard InChI is InChI=1S/C4H12N2O/c1-6-3-2-4(5)7/h4,6-7H,2-3,5H2,1H3. The van der Waals surface area contributed by atoms with Gasteiger partial charge in [0.05, 0.1) is 0 Å². The maximum atomic E-state index is 8.42. The molecule has 0 aromatic heterocycles. The number of rotatable bonds is 3. The zero-order chi connectivity index (χ0) is 5.70. The van der Waals surface area contributed by atoms with E-state index in [1.807, 2.05) is 7.05 Å². The molecule has 0 radical (unpaired) electrons. The van der Waals surface area contributed by atoms with Crippen LogP contribution in [-0.4, -0.2) is 24.9 Å². The molecule has 7 heavy (non-hydrogen) atoms. The molecule has 0 saturated heterocycles. The van der Waals surface area contributed by atoms with Crippen LogP contribution in [0, 0.1) is 0 Å². The van der Waals surface area contributed by atoms with E-state index in [4.69, 9.17) is 10.8 Å². The molecule has 0 aliphatic heterocycles. The average molecular weight is 104 g/mol. The third-order valence-electron chi connectivity index (χ3n) is 0.690. The van der Waals surface area contributed by atoms with Crippen LogP contribution >= 0.6 is 0 Å². The summed E-state index contributed by atoms with van der Waals surface area (Å²) in [6.45, 7) is 0.775. The molecule has 3 heteroatoms. The van der Waals surface area contributed by atoms with Crippen LogP contribution in [0.3, 0.4) is 0 Å². The third kappa shape index (κ3) is 5.88. The van der Waals surface area contributed by atoms with E-state index in [9.17, 15) is 0 Å². The predicted octanol–water partition coefficient (Wildman–Crippen LogP) is -1.13. The smallest absolute Gasteiger partial charge is 0.103 e. The fourth-order valence-electron chi connectivity index (χ4n) is 0.292. The average Bonchev–Trinajstić information content (AvgIpc) is 1.61. The van der Waals surface area contributed by atoms with Crippen molar-refractivity contribution in [2.45, 2.75) is 12.6 Å². The molecular formula is C4H12N2O. The van der Waals surface area contributed by atoms with E-state index in [1.54, 1.807) is 0 Å². The molecule has 44 valence electrons. The monoisotopic (exact) mass is 104 g/mol. The molecule has 0 aliphatic carbocycles. The van der Waals surface area contributed by atoms with E-state index in [0.717, 1.165) is 6.54 Å². The van der Waals surface area contributed by atoms with Crippen molar-refractivity contribution in [2.75, 3.05) is 13.6 Å². The molecule has 0 amide bonds. The van der Waals surface area contributed by atoms with Gasteiger partial charge >= 0.3 is 0 Å². The number of nitrogens with two attached hydrogens (primary N) is 1. The first-order valence-corrected chi connectivity index (χ1v) is 2.35. The second kappa shape index (κ2) is 4.05. The molecule has 3 nitrogen and oxygen atoms in total. The van der Waals surface area contributed by atoms with Crippen LogP contribution in [0.4, 0.5) is 0 Å². The Morgan fingerprint density at radius 3 is 2.57 bits per heavy atom. The highest BCUT2D eigenvalue weighted by atomic mass is 16.3. The van der Waals surface area contributed by atoms with Crippen LogP contribution in [-0.2, 0) is 0 Å². The highest BCUT2D eigenvalue weighted by Crippen LogP contribution is 1.75. The first-order chi connectivity index (χ1) is 3.27. The summed E-state index contributed by atoms with van der Waals surface area (Å²) in [7, 11) is 1.82. The largest absolute Gasteiger partial charge is 0.379 e. The molecule has 4 N–H and O–H groups in total. The van der Waals surface area contributed by atoms with Gasteiger partial charge in [0.1, 0.15) is 6.23 Å². The number of aliphatic hydroxyl groups is 1. The van der Waals surface area contributed by atoms with Crippen molar-refractivity contribution in [3.63, 3.8) is 0 Å². The van der Waals surface area contributed by atoms with Gasteiger partial charge in [0.25, 0.3) is 0 Å². The van der Waals surface area contributed by atoms with Crippen molar-refractivity contribution in [3.8, 4) is 0 Å². The summed E-state index contributed by atoms with van der Waals surface area (Å²) >= 11 is 0. The molecule has 0 aromatic carbocycles. The molecule has 0 bridgehead atoms. The van der Waals surface area contributed by atoms with Gasteiger partial charge in [0.15, 0.2) is 0 Å². The van der Waals surface area contributed by atoms with Gasteiger partial charge in [0.2, 0.25) is 0 Å². The summed E-state index contributed by atoms with van der Waals surface area (Å²) in [5.41, 5.74) is 4.99. The van der Waals surface area contributed by atoms with Crippen molar-refractivity contribution in [2.24, 2.45) is 5.73 Å². The molecule has 1 unspecified atom stereocenters. The van der Waals surface area contributed by atoms with E-state index in [-0.39, 0.29) is 0 Å². The van der Waals surface area contributed by atoms with Crippen molar-refractivity contribution >= 4 is 0 Å². The minimum Gasteiger partial charge on any atom is -0.379 e. The van der Waals surface area contributed by atoms with Crippen molar-refractivity contribution < 1.29 is 5.11 Å². The molecule has 1 atom stereocenters. The first kappa shape index (κ1) is 6.88. The van der Waals surface area contributed by atoms with E-state index in [0.29, 0.717) is 6.42 Å². The van der Waals surface area contributed by atoms with Crippen LogP contribution < -0.4 is 11.1 Å². The number of hydrogen-bond acceptors (Lipinski definition) is 3. The Morgan fingerprint density at radius 1 is 1.86 bits per heavy atom. The molecule has 0 spiro atoms. The maximum Gasteiger partial charge on any atom is 0.103 e. The predicted molar refractivity (Wildman–Crippen MR) is 28.7 cm³/mol. The maximum absolute atomic E-state index is 8.42. The van der Waals surface area contributed by atoms with Crippen molar-refractivity contribution in [3.05, 3.63) is 0 Å². The Hall–Kier alpha value is -0.120. The highest BCUT2D eigenvalue weighted by Gasteiger charge is 1.89. The van der Waals surface area contributed by atoms with Gasteiger partial charge in [-0.1, -0.05) is 0 Å². The summed E-state index contributed by atoms with van der Waals surface area (Å²) in [4.78, 5) is 0. The summed E-state index contributed by atoms with van der Waals surface area (Å²) in [5, 5.41) is 11.3. The molecule has 0 fully saturated rings. The third-order valence-corrected chi connectivity index (χ3v) is 0.690. The van der Waals surface area contributed by atoms with E-state index in [2.05, 4.69) is 5.32 Å². The fraction of sp³-hybridized carbons (Fsp3) is 1.00. The van der Waals surface area contributed by atoms with Crippen molar-refractivity contribution in [1.29, 1.82) is 0 Å². The highest BCUT2D eigenvalue weighted by molar-refractivity contribution is 4.45. The Labute approximate surface area is 43.5 Å². The molecule has 0 rings (SSSR count). The second-order valence-electron chi connectivity index (χ2n) is 1.46. The van der Waals surface area contributed by atoms with Crippen LogP contribution in [0.1, 0.15) is 6.42 Å². The van der Waals surface area contributed by atoms with Gasteiger partial charge in [-0.05, 0) is 20.0 Å². The van der Waals surface area contributed by atoms with Gasteiger partial charge in [0, 0.05) is 0 Å². The lowest BCUT2D eigenvalue weighted by Gasteiger charge is -2.00. The summed E-state index contributed by atoms with van der Waals surface area (Å²) < 4.78 is 0. The topological polar surface area (TPSA) is 58.3 Å². The van der Waals surface area contributed by atoms with Crippen LogP contribution in [0.2, 0.25) is 0 Å². The van der Waals surface area contributed by atoms with E-state index in [1.165, 1.54) is 0 Å². The summed E-state index contributed by atoms with van der Waals surface area (Å²) in [5.74, 6) is 0. The molecule has 0 heterocycles. The minimum atomic E-state index is -0.660. The lowest BCUT2D eigenvalue weighted by molar-refractivity contribution is 0.172. The number of nitrogens with one attached hydrogen (secondary N) is 1. The molecule has 0 aliphatic rings. The minimum absolute atomic E-state index is 0.622. The van der Waals surface area contributed by atoms with Gasteiger partial charge in [-0.15, -0.1) is 0 Å². The van der Waals surface area contributed by atoms with Gasteiger partial charge in [-0.3, -0.25) is 0 Å². The first-order valence-electron chi connectivity index (χ1n) is 2.35. The van der Waals surface area contributed by atoms with Crippen molar-refractivity contribution in [1.82, 2.24) is 5.32 Å². The molecular weight excluding hydrogens is 92.1 g/mol. The second-order valence-corrected chi connectivity index (χ2v) is 1.46. The van der Waals surface area contributed by atoms with E-state index < -0.39 is 6.23 Å². The Balaban J connectivity index is 2.68. The zero-order valence-electron chi connectivity index (χ0n) is 4.52. The quantitative estimate of drug-likeness (QED) is 0.397. The number of aliphatic hydroxyl groups excluding tert-OH is 1. The Bertz CT molecular complexity index is 38.7. The van der Waals surface area contributed by atoms with E-state index >= 15 is 0 Å². The number of hydrogen-bond donors (Lipinski definition) is 3. The summed E-state index contributed by atoms with van der Waals surface area (Å²) in [6.07, 6.45) is -0.0382. The van der Waals surface area contributed by atoms with Gasteiger partial charge in [-0.25, -0.2) is 0 Å². The normalized spacial score (nSPS) is 14.1. The Morgan fingerprint density at radius 2 is 2.43 bits per heavy atom. The lowest BCUT2D eigenvalue weighted by atomic mass is 10.4. The zero-order valence-corrected chi connectivity index (χ0v) is 4.52. The fourth-order valence-corrected chi connectivity index (χ4v) is 0.292. The van der Waals surface area contributed by atoms with Gasteiger partial charge in [-0.2, -0.15) is 0 Å². The lowest BCUT2D eigenvalue weighted by Crippen LogP contribution is -2.23. The molecule has 0 saturated carbocycles. The van der Waals surface area contributed by atoms with Crippen LogP contribution in [0.25, 0.3) is 0 Å². The Kier molecular flexibility index (Phi) is 3.98. The van der Waals surface area contributed by atoms with Gasteiger partial charge < -0.3 is 16.2 Å².